The van der Waals surface area contributed by atoms with E-state index >= 15 is 0 Å². The summed E-state index contributed by atoms with van der Waals surface area (Å²) in [6.07, 6.45) is 0. The van der Waals surface area contributed by atoms with E-state index in [1.807, 2.05) is 44.2 Å². The van der Waals surface area contributed by atoms with Gasteiger partial charge in [0.2, 0.25) is 0 Å². The van der Waals surface area contributed by atoms with Crippen LogP contribution in [0.1, 0.15) is 11.1 Å². The number of hydrogen-bond acceptors (Lipinski definition) is 2. The van der Waals surface area contributed by atoms with Crippen molar-refractivity contribution < 1.29 is 36.4 Å². The van der Waals surface area contributed by atoms with Gasteiger partial charge in [-0.25, -0.2) is 0 Å². The van der Waals surface area contributed by atoms with Gasteiger partial charge in [0.05, 0.1) is 0 Å². The summed E-state index contributed by atoms with van der Waals surface area (Å²) in [5.74, 6) is 0.706. The number of para-hydroxylation sites is 1. The Morgan fingerprint density at radius 1 is 0.833 bits per heavy atom. The van der Waals surface area contributed by atoms with Gasteiger partial charge in [-0.05, 0) is 43.2 Å². The molecule has 0 aromatic heterocycles. The van der Waals surface area contributed by atoms with E-state index in [2.05, 4.69) is 0 Å². The number of benzene rings is 2. The molecule has 0 aliphatic heterocycles. The smallest absolute Gasteiger partial charge is 0.118 e. The summed E-state index contributed by atoms with van der Waals surface area (Å²) < 4.78 is 0. The Labute approximate surface area is 133 Å². The minimum atomic E-state index is 0. The predicted octanol–water partition coefficient (Wildman–Crippen LogP) is 3.82. The van der Waals surface area contributed by atoms with E-state index in [4.69, 9.17) is 10.2 Å². The average Bonchev–Trinajstić information content (AvgIpc) is 2.23. The van der Waals surface area contributed by atoms with Crippen molar-refractivity contribution >= 4 is 12.4 Å². The summed E-state index contributed by atoms with van der Waals surface area (Å²) in [5, 5.41) is 17.7. The molecule has 0 radical (unpaired) electrons. The molecule has 0 spiro atoms. The molecule has 2 N–H and O–H groups in total. The molecule has 0 bridgehead atoms. The number of aryl methyl sites for hydroxylation is 2. The molecular formula is C14H17ClO2Zr. The molecule has 0 aliphatic rings. The fourth-order valence-corrected chi connectivity index (χ4v) is 1.19. The average molecular weight is 344 g/mol. The molecular weight excluding hydrogens is 327 g/mol. The van der Waals surface area contributed by atoms with Gasteiger partial charge in [0.25, 0.3) is 0 Å². The van der Waals surface area contributed by atoms with Crippen molar-refractivity contribution in [3.63, 3.8) is 0 Å². The van der Waals surface area contributed by atoms with Crippen molar-refractivity contribution in [1.29, 1.82) is 0 Å². The molecule has 2 aromatic carbocycles. The summed E-state index contributed by atoms with van der Waals surface area (Å²) >= 11 is 0. The first-order valence-corrected chi connectivity index (χ1v) is 5.10. The van der Waals surface area contributed by atoms with E-state index in [0.717, 1.165) is 11.1 Å². The Balaban J connectivity index is 0. The Bertz CT molecular complexity index is 423. The van der Waals surface area contributed by atoms with Crippen LogP contribution in [0.3, 0.4) is 0 Å². The normalized spacial score (nSPS) is 8.11. The predicted molar refractivity (Wildman–Crippen MR) is 72.9 cm³/mol. The Kier molecular flexibility index (Phi) is 11.0. The third-order valence-corrected chi connectivity index (χ3v) is 2.12. The van der Waals surface area contributed by atoms with Gasteiger partial charge in [-0.2, -0.15) is 0 Å². The van der Waals surface area contributed by atoms with Gasteiger partial charge in [-0.1, -0.05) is 30.3 Å². The molecule has 96 valence electrons. The maximum absolute atomic E-state index is 8.92. The first-order valence-electron chi connectivity index (χ1n) is 5.10. The summed E-state index contributed by atoms with van der Waals surface area (Å²) in [5.41, 5.74) is 2.01. The summed E-state index contributed by atoms with van der Waals surface area (Å²) in [6.45, 7) is 3.81. The standard InChI is InChI=1S/2C7H8O.ClH.Zr/c1-6-3-2-4-7(8)5-6;1-6-4-2-3-5-7(6)8;;/h2*2-5,8H,1H3;1H;. The molecule has 0 atom stereocenters. The van der Waals surface area contributed by atoms with Crippen LogP contribution in [0.2, 0.25) is 0 Å². The number of rotatable bonds is 0. The van der Waals surface area contributed by atoms with Gasteiger partial charge in [-0.3, -0.25) is 0 Å². The second kappa shape index (κ2) is 10.2. The van der Waals surface area contributed by atoms with Crippen LogP contribution in [0.15, 0.2) is 48.5 Å². The number of aromatic hydroxyl groups is 2. The summed E-state index contributed by atoms with van der Waals surface area (Å²) in [6, 6.07) is 14.4. The van der Waals surface area contributed by atoms with E-state index in [1.54, 1.807) is 18.2 Å². The van der Waals surface area contributed by atoms with Gasteiger partial charge < -0.3 is 10.2 Å². The molecule has 0 saturated carbocycles. The fourth-order valence-electron chi connectivity index (χ4n) is 1.19. The maximum atomic E-state index is 8.92. The Hall–Kier alpha value is -0.787. The third kappa shape index (κ3) is 7.52. The molecule has 2 rings (SSSR count). The van der Waals surface area contributed by atoms with E-state index in [9.17, 15) is 0 Å². The van der Waals surface area contributed by atoms with Crippen molar-refractivity contribution in [2.24, 2.45) is 0 Å². The van der Waals surface area contributed by atoms with Crippen LogP contribution in [0.5, 0.6) is 11.5 Å². The fraction of sp³-hybridized carbons (Fsp3) is 0.143. The molecule has 18 heavy (non-hydrogen) atoms. The number of hydrogen-bond donors (Lipinski definition) is 2. The molecule has 4 heteroatoms. The van der Waals surface area contributed by atoms with E-state index in [1.165, 1.54) is 0 Å². The van der Waals surface area contributed by atoms with Crippen LogP contribution in [-0.2, 0) is 26.2 Å². The summed E-state index contributed by atoms with van der Waals surface area (Å²) in [4.78, 5) is 0. The topological polar surface area (TPSA) is 40.5 Å². The molecule has 0 unspecified atom stereocenters. The quantitative estimate of drug-likeness (QED) is 0.763. The molecule has 0 fully saturated rings. The van der Waals surface area contributed by atoms with Gasteiger partial charge in [0.15, 0.2) is 0 Å². The zero-order valence-electron chi connectivity index (χ0n) is 10.4. The van der Waals surface area contributed by atoms with Crippen molar-refractivity contribution in [2.45, 2.75) is 13.8 Å². The monoisotopic (exact) mass is 342 g/mol. The van der Waals surface area contributed by atoms with Crippen molar-refractivity contribution in [2.75, 3.05) is 0 Å². The van der Waals surface area contributed by atoms with E-state index in [-0.39, 0.29) is 38.6 Å². The van der Waals surface area contributed by atoms with Crippen molar-refractivity contribution in [1.82, 2.24) is 0 Å². The zero-order chi connectivity index (χ0) is 12.0. The largest absolute Gasteiger partial charge is 0.508 e. The zero-order valence-corrected chi connectivity index (χ0v) is 13.7. The van der Waals surface area contributed by atoms with Gasteiger partial charge >= 0.3 is 0 Å². The van der Waals surface area contributed by atoms with E-state index in [0.29, 0.717) is 11.5 Å². The van der Waals surface area contributed by atoms with Crippen LogP contribution in [0.25, 0.3) is 0 Å². The third-order valence-electron chi connectivity index (χ3n) is 2.12. The molecule has 0 saturated heterocycles. The number of phenols is 2. The Morgan fingerprint density at radius 3 is 1.78 bits per heavy atom. The van der Waals surface area contributed by atoms with Crippen LogP contribution in [0, 0.1) is 13.8 Å². The van der Waals surface area contributed by atoms with Crippen LogP contribution >= 0.6 is 12.4 Å². The first kappa shape index (κ1) is 19.6. The van der Waals surface area contributed by atoms with Gasteiger partial charge in [0.1, 0.15) is 11.5 Å². The van der Waals surface area contributed by atoms with Crippen molar-refractivity contribution in [3.05, 3.63) is 59.7 Å². The minimum absolute atomic E-state index is 0. The second-order valence-corrected chi connectivity index (χ2v) is 3.63. The van der Waals surface area contributed by atoms with Gasteiger partial charge in [0, 0.05) is 26.2 Å². The molecule has 2 nitrogen and oxygen atoms in total. The van der Waals surface area contributed by atoms with Crippen LogP contribution < -0.4 is 0 Å². The summed E-state index contributed by atoms with van der Waals surface area (Å²) in [7, 11) is 0. The Morgan fingerprint density at radius 2 is 1.44 bits per heavy atom. The van der Waals surface area contributed by atoms with Crippen LogP contribution in [-0.4, -0.2) is 10.2 Å². The maximum Gasteiger partial charge on any atom is 0.118 e. The van der Waals surface area contributed by atoms with Gasteiger partial charge in [-0.15, -0.1) is 12.4 Å². The van der Waals surface area contributed by atoms with E-state index < -0.39 is 0 Å². The SMILES string of the molecule is Cc1cccc(O)c1.Cc1ccccc1O.Cl.[Zr]. The number of halogens is 1. The molecule has 0 amide bonds. The molecule has 0 heterocycles. The minimum Gasteiger partial charge on any atom is -0.508 e. The molecule has 0 aliphatic carbocycles. The first-order chi connectivity index (χ1) is 7.59. The van der Waals surface area contributed by atoms with Crippen molar-refractivity contribution in [3.8, 4) is 11.5 Å². The second-order valence-electron chi connectivity index (χ2n) is 3.63. The van der Waals surface area contributed by atoms with Crippen LogP contribution in [0.4, 0.5) is 0 Å². The number of phenolic OH excluding ortho intramolecular Hbond substituents is 2. The molecule has 2 aromatic rings.